The van der Waals surface area contributed by atoms with E-state index in [-0.39, 0.29) is 5.91 Å². The van der Waals surface area contributed by atoms with Crippen LogP contribution in [0.25, 0.3) is 0 Å². The fourth-order valence-electron chi connectivity index (χ4n) is 2.18. The number of nitrogens with one attached hydrogen (secondary N) is 2. The van der Waals surface area contributed by atoms with Gasteiger partial charge in [0, 0.05) is 40.3 Å². The lowest BCUT2D eigenvalue weighted by atomic mass is 10.2. The summed E-state index contributed by atoms with van der Waals surface area (Å²) >= 11 is 3.36. The average molecular weight is 382 g/mol. The van der Waals surface area contributed by atoms with Crippen molar-refractivity contribution >= 4 is 33.2 Å². The average Bonchev–Trinajstić information content (AvgIpc) is 2.62. The number of benzene rings is 2. The number of carbonyl (C=O) groups is 1. The number of amides is 1. The molecule has 0 saturated heterocycles. The van der Waals surface area contributed by atoms with Gasteiger partial charge in [-0.1, -0.05) is 15.9 Å². The predicted molar refractivity (Wildman–Crippen MR) is 100 cm³/mol. The highest BCUT2D eigenvalue weighted by Crippen LogP contribution is 2.16. The Kier molecular flexibility index (Phi) is 5.23. The van der Waals surface area contributed by atoms with Crippen LogP contribution in [-0.2, 0) is 6.54 Å². The molecule has 0 aliphatic rings. The number of anilines is 2. The van der Waals surface area contributed by atoms with Gasteiger partial charge in [0.15, 0.2) is 0 Å². The van der Waals surface area contributed by atoms with Crippen LogP contribution in [0, 0.1) is 0 Å². The molecular weight excluding hydrogens is 366 g/mol. The maximum atomic E-state index is 12.2. The Balaban J connectivity index is 1.58. The van der Waals surface area contributed by atoms with Crippen LogP contribution in [0.5, 0.6) is 0 Å². The lowest BCUT2D eigenvalue weighted by Gasteiger charge is -2.09. The number of halogens is 1. The molecule has 24 heavy (non-hydrogen) atoms. The van der Waals surface area contributed by atoms with E-state index in [2.05, 4.69) is 31.5 Å². The van der Waals surface area contributed by atoms with Crippen molar-refractivity contribution in [2.45, 2.75) is 6.54 Å². The fourth-order valence-corrected chi connectivity index (χ4v) is 2.45. The molecular formula is C19H16BrN3O. The first-order chi connectivity index (χ1) is 11.7. The molecule has 2 N–H and O–H groups in total. The lowest BCUT2D eigenvalue weighted by Crippen LogP contribution is -2.11. The summed E-state index contributed by atoms with van der Waals surface area (Å²) < 4.78 is 0.948. The smallest absolute Gasteiger partial charge is 0.255 e. The van der Waals surface area contributed by atoms with Crippen molar-refractivity contribution in [2.75, 3.05) is 10.6 Å². The third-order valence-electron chi connectivity index (χ3n) is 3.50. The molecule has 3 rings (SSSR count). The summed E-state index contributed by atoms with van der Waals surface area (Å²) in [6.07, 6.45) is 3.55. The summed E-state index contributed by atoms with van der Waals surface area (Å²) in [5.74, 6) is -0.125. The lowest BCUT2D eigenvalue weighted by molar-refractivity contribution is 0.102. The highest BCUT2D eigenvalue weighted by Gasteiger charge is 2.05. The summed E-state index contributed by atoms with van der Waals surface area (Å²) in [6.45, 7) is 0.729. The monoisotopic (exact) mass is 381 g/mol. The van der Waals surface area contributed by atoms with Crippen molar-refractivity contribution in [1.29, 1.82) is 0 Å². The van der Waals surface area contributed by atoms with Gasteiger partial charge in [0.1, 0.15) is 0 Å². The van der Waals surface area contributed by atoms with Crippen molar-refractivity contribution in [2.24, 2.45) is 0 Å². The van der Waals surface area contributed by atoms with Crippen LogP contribution in [0.2, 0.25) is 0 Å². The summed E-state index contributed by atoms with van der Waals surface area (Å²) in [6, 6.07) is 18.9. The minimum atomic E-state index is -0.125. The van der Waals surface area contributed by atoms with E-state index >= 15 is 0 Å². The minimum absolute atomic E-state index is 0.125. The van der Waals surface area contributed by atoms with Gasteiger partial charge < -0.3 is 10.6 Å². The molecule has 0 atom stereocenters. The second-order valence-electron chi connectivity index (χ2n) is 5.25. The normalized spacial score (nSPS) is 10.2. The predicted octanol–water partition coefficient (Wildman–Crippen LogP) is 4.71. The molecule has 5 heteroatoms. The first kappa shape index (κ1) is 16.2. The molecule has 0 fully saturated rings. The Hall–Kier alpha value is -2.66. The summed E-state index contributed by atoms with van der Waals surface area (Å²) in [5.41, 5.74) is 3.54. The zero-order chi connectivity index (χ0) is 16.8. The van der Waals surface area contributed by atoms with Crippen molar-refractivity contribution in [3.05, 3.63) is 88.7 Å². The number of pyridine rings is 1. The Bertz CT molecular complexity index is 802. The van der Waals surface area contributed by atoms with Gasteiger partial charge >= 0.3 is 0 Å². The van der Waals surface area contributed by atoms with E-state index in [1.807, 2.05) is 48.5 Å². The third-order valence-corrected chi connectivity index (χ3v) is 4.02. The molecule has 1 amide bonds. The zero-order valence-corrected chi connectivity index (χ0v) is 14.5. The molecule has 0 radical (unpaired) electrons. The standard InChI is InChI=1S/C19H16BrN3O/c20-16-3-1-15(2-4-16)19(24)23-18-7-5-17(6-8-18)22-13-14-9-11-21-12-10-14/h1-12,22H,13H2,(H,23,24). The van der Waals surface area contributed by atoms with Gasteiger partial charge in [-0.15, -0.1) is 0 Å². The molecule has 1 heterocycles. The van der Waals surface area contributed by atoms with E-state index in [9.17, 15) is 4.79 Å². The summed E-state index contributed by atoms with van der Waals surface area (Å²) in [5, 5.41) is 6.22. The third kappa shape index (κ3) is 4.43. The molecule has 1 aromatic heterocycles. The Morgan fingerprint density at radius 2 is 1.50 bits per heavy atom. The van der Waals surface area contributed by atoms with Crippen LogP contribution in [-0.4, -0.2) is 10.9 Å². The molecule has 0 bridgehead atoms. The van der Waals surface area contributed by atoms with Crippen molar-refractivity contribution in [3.63, 3.8) is 0 Å². The number of hydrogen-bond donors (Lipinski definition) is 2. The summed E-state index contributed by atoms with van der Waals surface area (Å²) in [4.78, 5) is 16.2. The molecule has 0 aliphatic heterocycles. The van der Waals surface area contributed by atoms with E-state index in [4.69, 9.17) is 0 Å². The zero-order valence-electron chi connectivity index (χ0n) is 12.9. The van der Waals surface area contributed by atoms with Gasteiger partial charge in [-0.25, -0.2) is 0 Å². The van der Waals surface area contributed by atoms with E-state index in [1.165, 1.54) is 0 Å². The molecule has 0 saturated carbocycles. The molecule has 4 nitrogen and oxygen atoms in total. The molecule has 0 spiro atoms. The molecule has 120 valence electrons. The minimum Gasteiger partial charge on any atom is -0.381 e. The highest BCUT2D eigenvalue weighted by atomic mass is 79.9. The van der Waals surface area contributed by atoms with E-state index in [1.54, 1.807) is 24.5 Å². The number of aromatic nitrogens is 1. The second kappa shape index (κ2) is 7.75. The molecule has 0 unspecified atom stereocenters. The number of rotatable bonds is 5. The van der Waals surface area contributed by atoms with E-state index < -0.39 is 0 Å². The molecule has 0 aliphatic carbocycles. The van der Waals surface area contributed by atoms with Crippen LogP contribution in [0.4, 0.5) is 11.4 Å². The maximum Gasteiger partial charge on any atom is 0.255 e. The molecule has 2 aromatic carbocycles. The summed E-state index contributed by atoms with van der Waals surface area (Å²) in [7, 11) is 0. The second-order valence-corrected chi connectivity index (χ2v) is 6.16. The van der Waals surface area contributed by atoms with E-state index in [0.29, 0.717) is 5.56 Å². The van der Waals surface area contributed by atoms with Crippen LogP contribution in [0.1, 0.15) is 15.9 Å². The number of nitrogens with zero attached hydrogens (tertiary/aromatic N) is 1. The van der Waals surface area contributed by atoms with Crippen molar-refractivity contribution in [3.8, 4) is 0 Å². The number of carbonyl (C=O) groups excluding carboxylic acids is 1. The van der Waals surface area contributed by atoms with Crippen LogP contribution < -0.4 is 10.6 Å². The Labute approximate surface area is 149 Å². The van der Waals surface area contributed by atoms with Crippen molar-refractivity contribution in [1.82, 2.24) is 4.98 Å². The van der Waals surface area contributed by atoms with Gasteiger partial charge in [0.05, 0.1) is 0 Å². The molecule has 3 aromatic rings. The Morgan fingerprint density at radius 3 is 2.17 bits per heavy atom. The van der Waals surface area contributed by atoms with Gasteiger partial charge in [0.2, 0.25) is 0 Å². The van der Waals surface area contributed by atoms with Crippen LogP contribution in [0.3, 0.4) is 0 Å². The first-order valence-corrected chi connectivity index (χ1v) is 8.30. The van der Waals surface area contributed by atoms with Gasteiger partial charge in [-0.3, -0.25) is 9.78 Å². The SMILES string of the molecule is O=C(Nc1ccc(NCc2ccncc2)cc1)c1ccc(Br)cc1. The number of hydrogen-bond acceptors (Lipinski definition) is 3. The Morgan fingerprint density at radius 1 is 0.875 bits per heavy atom. The largest absolute Gasteiger partial charge is 0.381 e. The van der Waals surface area contributed by atoms with Gasteiger partial charge in [-0.05, 0) is 66.2 Å². The van der Waals surface area contributed by atoms with Gasteiger partial charge in [-0.2, -0.15) is 0 Å². The first-order valence-electron chi connectivity index (χ1n) is 7.50. The van der Waals surface area contributed by atoms with Gasteiger partial charge in [0.25, 0.3) is 5.91 Å². The van der Waals surface area contributed by atoms with Crippen LogP contribution >= 0.6 is 15.9 Å². The quantitative estimate of drug-likeness (QED) is 0.672. The highest BCUT2D eigenvalue weighted by molar-refractivity contribution is 9.10. The topological polar surface area (TPSA) is 54.0 Å². The maximum absolute atomic E-state index is 12.2. The van der Waals surface area contributed by atoms with Crippen LogP contribution in [0.15, 0.2) is 77.5 Å². The van der Waals surface area contributed by atoms with E-state index in [0.717, 1.165) is 28.0 Å². The fraction of sp³-hybridized carbons (Fsp3) is 0.0526. The van der Waals surface area contributed by atoms with Crippen molar-refractivity contribution < 1.29 is 4.79 Å².